The number of rotatable bonds is 6. The third kappa shape index (κ3) is 5.13. The van der Waals surface area contributed by atoms with E-state index in [9.17, 15) is 27.6 Å². The van der Waals surface area contributed by atoms with Crippen LogP contribution in [-0.2, 0) is 14.3 Å². The molecule has 3 aromatic rings. The maximum Gasteiger partial charge on any atom is 0.359 e. The van der Waals surface area contributed by atoms with Gasteiger partial charge < -0.3 is 15.4 Å². The van der Waals surface area contributed by atoms with Crippen LogP contribution < -0.4 is 10.6 Å². The van der Waals surface area contributed by atoms with Crippen LogP contribution in [0.15, 0.2) is 42.6 Å². The summed E-state index contributed by atoms with van der Waals surface area (Å²) >= 11 is 0. The van der Waals surface area contributed by atoms with Gasteiger partial charge in [0.05, 0.1) is 29.5 Å². The number of nitrogens with zero attached hydrogens (tertiary/aromatic N) is 2. The molecule has 0 aliphatic carbocycles. The Morgan fingerprint density at radius 1 is 1.03 bits per heavy atom. The summed E-state index contributed by atoms with van der Waals surface area (Å²) in [6.45, 7) is 0.642. The molecule has 11 heteroatoms. The fraction of sp³-hybridized carbons (Fsp3) is 0.150. The highest BCUT2D eigenvalue weighted by Crippen LogP contribution is 2.19. The van der Waals surface area contributed by atoms with Crippen LogP contribution in [0.1, 0.15) is 17.4 Å². The van der Waals surface area contributed by atoms with Gasteiger partial charge in [0, 0.05) is 0 Å². The fourth-order valence-corrected chi connectivity index (χ4v) is 2.46. The molecule has 0 spiro atoms. The molecule has 160 valence electrons. The van der Waals surface area contributed by atoms with E-state index < -0.39 is 53.6 Å². The molecule has 1 atom stereocenters. The van der Waals surface area contributed by atoms with Gasteiger partial charge in [-0.3, -0.25) is 14.6 Å². The minimum absolute atomic E-state index is 0.107. The SMILES string of the molecule is CC(OC(=O)c1cnc2ccccc2n1)C(=O)NCC(=O)Nc1ccc(F)c(F)c1F. The van der Waals surface area contributed by atoms with E-state index in [0.29, 0.717) is 17.1 Å². The number of para-hydroxylation sites is 2. The van der Waals surface area contributed by atoms with Crippen LogP contribution >= 0.6 is 0 Å². The van der Waals surface area contributed by atoms with Crippen molar-refractivity contribution in [3.05, 3.63) is 65.7 Å². The minimum atomic E-state index is -1.74. The second kappa shape index (κ2) is 9.20. The quantitative estimate of drug-likeness (QED) is 0.457. The van der Waals surface area contributed by atoms with E-state index in [4.69, 9.17) is 4.74 Å². The monoisotopic (exact) mass is 432 g/mol. The maximum absolute atomic E-state index is 13.6. The van der Waals surface area contributed by atoms with E-state index in [2.05, 4.69) is 15.3 Å². The van der Waals surface area contributed by atoms with Crippen molar-refractivity contribution in [1.29, 1.82) is 0 Å². The number of aromatic nitrogens is 2. The third-order valence-corrected chi connectivity index (χ3v) is 4.04. The van der Waals surface area contributed by atoms with Crippen LogP contribution in [0.4, 0.5) is 18.9 Å². The van der Waals surface area contributed by atoms with Crippen molar-refractivity contribution in [3.8, 4) is 0 Å². The molecule has 8 nitrogen and oxygen atoms in total. The van der Waals surface area contributed by atoms with Gasteiger partial charge in [-0.1, -0.05) is 12.1 Å². The van der Waals surface area contributed by atoms with Crippen LogP contribution in [0.5, 0.6) is 0 Å². The number of esters is 1. The van der Waals surface area contributed by atoms with Gasteiger partial charge in [0.2, 0.25) is 5.91 Å². The Hall–Kier alpha value is -4.02. The molecule has 1 unspecified atom stereocenters. The van der Waals surface area contributed by atoms with E-state index >= 15 is 0 Å². The average Bonchev–Trinajstić information content (AvgIpc) is 2.77. The Kier molecular flexibility index (Phi) is 6.43. The van der Waals surface area contributed by atoms with Gasteiger partial charge in [-0.25, -0.2) is 22.9 Å². The van der Waals surface area contributed by atoms with E-state index in [1.165, 1.54) is 13.1 Å². The van der Waals surface area contributed by atoms with Crippen molar-refractivity contribution >= 4 is 34.5 Å². The molecule has 1 heterocycles. The lowest BCUT2D eigenvalue weighted by Gasteiger charge is -2.13. The molecule has 1 aromatic heterocycles. The summed E-state index contributed by atoms with van der Waals surface area (Å²) in [7, 11) is 0. The van der Waals surface area contributed by atoms with Gasteiger partial charge in [0.1, 0.15) is 0 Å². The highest BCUT2D eigenvalue weighted by Gasteiger charge is 2.21. The third-order valence-electron chi connectivity index (χ3n) is 4.04. The summed E-state index contributed by atoms with van der Waals surface area (Å²) in [6, 6.07) is 8.33. The molecule has 3 rings (SSSR count). The number of fused-ring (bicyclic) bond motifs is 1. The number of hydrogen-bond donors (Lipinski definition) is 2. The van der Waals surface area contributed by atoms with Crippen molar-refractivity contribution in [2.75, 3.05) is 11.9 Å². The van der Waals surface area contributed by atoms with Crippen LogP contribution in [0.25, 0.3) is 11.0 Å². The number of hydrogen-bond acceptors (Lipinski definition) is 6. The standard InChI is InChI=1S/C20H15F3N4O4/c1-10(31-20(30)15-8-24-12-4-2-3-5-13(12)26-15)19(29)25-9-16(28)27-14-7-6-11(21)17(22)18(14)23/h2-8,10H,9H2,1H3,(H,25,29)(H,27,28). The molecule has 0 aliphatic heterocycles. The predicted octanol–water partition coefficient (Wildman–Crippen LogP) is 2.35. The van der Waals surface area contributed by atoms with Crippen molar-refractivity contribution in [2.24, 2.45) is 0 Å². The molecular formula is C20H15F3N4O4. The predicted molar refractivity (Wildman–Crippen MR) is 102 cm³/mol. The smallest absolute Gasteiger partial charge is 0.359 e. The zero-order valence-corrected chi connectivity index (χ0v) is 16.0. The topological polar surface area (TPSA) is 110 Å². The van der Waals surface area contributed by atoms with Gasteiger partial charge in [0.15, 0.2) is 29.2 Å². The molecule has 31 heavy (non-hydrogen) atoms. The average molecular weight is 432 g/mol. The Balaban J connectivity index is 1.53. The second-order valence-corrected chi connectivity index (χ2v) is 6.28. The van der Waals surface area contributed by atoms with Crippen molar-refractivity contribution < 1.29 is 32.3 Å². The lowest BCUT2D eigenvalue weighted by Crippen LogP contribution is -2.40. The molecule has 0 saturated heterocycles. The van der Waals surface area contributed by atoms with Crippen LogP contribution in [-0.4, -0.2) is 40.4 Å². The zero-order chi connectivity index (χ0) is 22.5. The molecule has 0 bridgehead atoms. The van der Waals surface area contributed by atoms with Crippen LogP contribution in [0.2, 0.25) is 0 Å². The summed E-state index contributed by atoms with van der Waals surface area (Å²) in [4.78, 5) is 44.2. The lowest BCUT2D eigenvalue weighted by molar-refractivity contribution is -0.130. The van der Waals surface area contributed by atoms with Gasteiger partial charge in [0.25, 0.3) is 5.91 Å². The normalized spacial score (nSPS) is 11.6. The number of carbonyl (C=O) groups excluding carboxylic acids is 3. The Morgan fingerprint density at radius 3 is 2.48 bits per heavy atom. The first-order valence-corrected chi connectivity index (χ1v) is 8.90. The molecule has 2 aromatic carbocycles. The number of ether oxygens (including phenoxy) is 1. The number of nitrogens with one attached hydrogen (secondary N) is 2. The Labute approximate surface area is 173 Å². The molecule has 0 saturated carbocycles. The molecular weight excluding hydrogens is 417 g/mol. The molecule has 2 N–H and O–H groups in total. The van der Waals surface area contributed by atoms with Crippen molar-refractivity contribution in [2.45, 2.75) is 13.0 Å². The number of benzene rings is 2. The molecule has 0 aliphatic rings. The van der Waals surface area contributed by atoms with E-state index in [1.54, 1.807) is 24.3 Å². The summed E-state index contributed by atoms with van der Waals surface area (Å²) in [5.41, 5.74) is 0.348. The summed E-state index contributed by atoms with van der Waals surface area (Å²) in [5, 5.41) is 4.17. The summed E-state index contributed by atoms with van der Waals surface area (Å²) < 4.78 is 44.7. The van der Waals surface area contributed by atoms with Crippen LogP contribution in [0, 0.1) is 17.5 Å². The van der Waals surface area contributed by atoms with Gasteiger partial charge in [-0.05, 0) is 31.2 Å². The summed E-state index contributed by atoms with van der Waals surface area (Å²) in [6.07, 6.45) is -0.0763. The van der Waals surface area contributed by atoms with E-state index in [0.717, 1.165) is 6.07 Å². The molecule has 0 radical (unpaired) electrons. The molecule has 0 fully saturated rings. The zero-order valence-electron chi connectivity index (χ0n) is 16.0. The first-order chi connectivity index (χ1) is 14.8. The highest BCUT2D eigenvalue weighted by molar-refractivity contribution is 5.96. The van der Waals surface area contributed by atoms with Gasteiger partial charge in [-0.2, -0.15) is 0 Å². The van der Waals surface area contributed by atoms with Gasteiger partial charge in [-0.15, -0.1) is 0 Å². The number of anilines is 1. The Morgan fingerprint density at radius 2 is 1.74 bits per heavy atom. The van der Waals surface area contributed by atoms with Crippen molar-refractivity contribution in [3.63, 3.8) is 0 Å². The first-order valence-electron chi connectivity index (χ1n) is 8.90. The Bertz CT molecular complexity index is 1170. The molecule has 2 amide bonds. The van der Waals surface area contributed by atoms with Gasteiger partial charge >= 0.3 is 5.97 Å². The van der Waals surface area contributed by atoms with Crippen molar-refractivity contribution in [1.82, 2.24) is 15.3 Å². The number of amides is 2. The second-order valence-electron chi connectivity index (χ2n) is 6.28. The number of carbonyl (C=O) groups is 3. The first kappa shape index (κ1) is 21.7. The number of halogens is 3. The van der Waals surface area contributed by atoms with Crippen LogP contribution in [0.3, 0.4) is 0 Å². The lowest BCUT2D eigenvalue weighted by atomic mass is 10.2. The fourth-order valence-electron chi connectivity index (χ4n) is 2.46. The highest BCUT2D eigenvalue weighted by atomic mass is 19.2. The minimum Gasteiger partial charge on any atom is -0.448 e. The van der Waals surface area contributed by atoms with E-state index in [-0.39, 0.29) is 5.69 Å². The maximum atomic E-state index is 13.6. The summed E-state index contributed by atoms with van der Waals surface area (Å²) in [5.74, 6) is -7.33. The largest absolute Gasteiger partial charge is 0.448 e. The van der Waals surface area contributed by atoms with E-state index in [1.807, 2.05) is 5.32 Å².